The lowest BCUT2D eigenvalue weighted by atomic mass is 10.0. The molecule has 0 radical (unpaired) electrons. The molecule has 0 bridgehead atoms. The average Bonchev–Trinajstić information content (AvgIpc) is 2.42. The number of primary amides is 1. The van der Waals surface area contributed by atoms with Gasteiger partial charge in [0.05, 0.1) is 12.6 Å². The molecule has 1 fully saturated rings. The van der Waals surface area contributed by atoms with Crippen molar-refractivity contribution < 1.29 is 14.7 Å². The first kappa shape index (κ1) is 14.9. The summed E-state index contributed by atoms with van der Waals surface area (Å²) in [7, 11) is 0. The van der Waals surface area contributed by atoms with Crippen LogP contribution in [0.3, 0.4) is 0 Å². The Bertz CT molecular complexity index is 294. The minimum atomic E-state index is -0.818. The zero-order chi connectivity index (χ0) is 13.5. The average molecular weight is 257 g/mol. The van der Waals surface area contributed by atoms with E-state index < -0.39 is 6.03 Å². The Labute approximate surface area is 108 Å². The van der Waals surface area contributed by atoms with Gasteiger partial charge < -0.3 is 10.8 Å². The predicted octanol–water partition coefficient (Wildman–Crippen LogP) is 0.197. The van der Waals surface area contributed by atoms with Crippen LogP contribution in [0.1, 0.15) is 39.0 Å². The summed E-state index contributed by atoms with van der Waals surface area (Å²) in [4.78, 5) is 24.2. The minimum Gasteiger partial charge on any atom is -0.393 e. The standard InChI is InChI=1S/C12H23N3O3/c1-9(16)7-10-5-3-2-4-6-15(10)8-11(17)14-12(13)18/h9-10,16H,2-8H2,1H3,(H3,13,14,17,18). The summed E-state index contributed by atoms with van der Waals surface area (Å²) in [6.45, 7) is 2.75. The highest BCUT2D eigenvalue weighted by molar-refractivity contribution is 5.94. The highest BCUT2D eigenvalue weighted by atomic mass is 16.3. The van der Waals surface area contributed by atoms with Gasteiger partial charge in [0.25, 0.3) is 0 Å². The fraction of sp³-hybridized carbons (Fsp3) is 0.833. The van der Waals surface area contributed by atoms with Crippen molar-refractivity contribution in [3.8, 4) is 0 Å². The Balaban J connectivity index is 2.55. The van der Waals surface area contributed by atoms with Crippen molar-refractivity contribution in [2.24, 2.45) is 5.73 Å². The van der Waals surface area contributed by atoms with E-state index in [1.165, 1.54) is 0 Å². The molecule has 3 amide bonds. The number of hydrogen-bond acceptors (Lipinski definition) is 4. The van der Waals surface area contributed by atoms with E-state index in [0.717, 1.165) is 32.2 Å². The number of aliphatic hydroxyl groups is 1. The van der Waals surface area contributed by atoms with Crippen molar-refractivity contribution in [2.75, 3.05) is 13.1 Å². The highest BCUT2D eigenvalue weighted by Crippen LogP contribution is 2.20. The second kappa shape index (κ2) is 7.33. The number of nitrogens with one attached hydrogen (secondary N) is 1. The van der Waals surface area contributed by atoms with Gasteiger partial charge in [0.1, 0.15) is 0 Å². The highest BCUT2D eigenvalue weighted by Gasteiger charge is 2.24. The summed E-state index contributed by atoms with van der Waals surface area (Å²) in [6.07, 6.45) is 4.56. The smallest absolute Gasteiger partial charge is 0.318 e. The van der Waals surface area contributed by atoms with Crippen molar-refractivity contribution in [3.05, 3.63) is 0 Å². The number of carbonyl (C=O) groups excluding carboxylic acids is 2. The molecule has 0 saturated carbocycles. The molecule has 6 nitrogen and oxygen atoms in total. The molecule has 1 aliphatic heterocycles. The monoisotopic (exact) mass is 257 g/mol. The number of imide groups is 1. The van der Waals surface area contributed by atoms with Gasteiger partial charge in [0.2, 0.25) is 5.91 Å². The van der Waals surface area contributed by atoms with Crippen molar-refractivity contribution in [3.63, 3.8) is 0 Å². The molecule has 18 heavy (non-hydrogen) atoms. The molecule has 2 atom stereocenters. The van der Waals surface area contributed by atoms with Crippen LogP contribution in [-0.2, 0) is 4.79 Å². The zero-order valence-corrected chi connectivity index (χ0v) is 10.9. The maximum Gasteiger partial charge on any atom is 0.318 e. The van der Waals surface area contributed by atoms with E-state index in [2.05, 4.69) is 5.32 Å². The molecule has 0 aromatic rings. The first-order chi connectivity index (χ1) is 8.49. The Hall–Kier alpha value is -1.14. The Kier molecular flexibility index (Phi) is 6.07. The molecule has 1 rings (SSSR count). The molecular formula is C12H23N3O3. The number of aliphatic hydroxyl groups excluding tert-OH is 1. The molecule has 4 N–H and O–H groups in total. The van der Waals surface area contributed by atoms with Gasteiger partial charge in [-0.1, -0.05) is 12.8 Å². The Morgan fingerprint density at radius 2 is 2.17 bits per heavy atom. The third kappa shape index (κ3) is 5.46. The number of likely N-dealkylation sites (tertiary alicyclic amines) is 1. The third-order valence-electron chi connectivity index (χ3n) is 3.22. The van der Waals surface area contributed by atoms with E-state index in [0.29, 0.717) is 6.42 Å². The number of urea groups is 1. The van der Waals surface area contributed by atoms with Crippen LogP contribution in [0.5, 0.6) is 0 Å². The lowest BCUT2D eigenvalue weighted by Crippen LogP contribution is -2.46. The van der Waals surface area contributed by atoms with Crippen molar-refractivity contribution >= 4 is 11.9 Å². The predicted molar refractivity (Wildman–Crippen MR) is 67.9 cm³/mol. The van der Waals surface area contributed by atoms with E-state index in [-0.39, 0.29) is 24.6 Å². The van der Waals surface area contributed by atoms with Crippen molar-refractivity contribution in [2.45, 2.75) is 51.2 Å². The van der Waals surface area contributed by atoms with Crippen LogP contribution in [0.2, 0.25) is 0 Å². The molecule has 2 unspecified atom stereocenters. The summed E-state index contributed by atoms with van der Waals surface area (Å²) >= 11 is 0. The van der Waals surface area contributed by atoms with Gasteiger partial charge in [0, 0.05) is 6.04 Å². The quantitative estimate of drug-likeness (QED) is 0.670. The van der Waals surface area contributed by atoms with Crippen LogP contribution in [0.4, 0.5) is 4.79 Å². The fourth-order valence-corrected chi connectivity index (χ4v) is 2.47. The van der Waals surface area contributed by atoms with Gasteiger partial charge in [-0.05, 0) is 32.7 Å². The maximum atomic E-state index is 11.5. The third-order valence-corrected chi connectivity index (χ3v) is 3.22. The number of rotatable bonds is 4. The lowest BCUT2D eigenvalue weighted by Gasteiger charge is -2.30. The number of amides is 3. The largest absolute Gasteiger partial charge is 0.393 e. The van der Waals surface area contributed by atoms with E-state index in [1.54, 1.807) is 6.92 Å². The summed E-state index contributed by atoms with van der Waals surface area (Å²) in [5.41, 5.74) is 4.92. The second-order valence-corrected chi connectivity index (χ2v) is 4.97. The van der Waals surface area contributed by atoms with E-state index >= 15 is 0 Å². The molecular weight excluding hydrogens is 234 g/mol. The van der Waals surface area contributed by atoms with Gasteiger partial charge in [-0.2, -0.15) is 0 Å². The Morgan fingerprint density at radius 3 is 2.78 bits per heavy atom. The first-order valence-electron chi connectivity index (χ1n) is 6.50. The summed E-state index contributed by atoms with van der Waals surface area (Å²) < 4.78 is 0. The number of carbonyl (C=O) groups is 2. The summed E-state index contributed by atoms with van der Waals surface area (Å²) in [5.74, 6) is -0.375. The number of nitrogens with two attached hydrogens (primary N) is 1. The lowest BCUT2D eigenvalue weighted by molar-refractivity contribution is -0.121. The van der Waals surface area contributed by atoms with Crippen LogP contribution in [0.15, 0.2) is 0 Å². The van der Waals surface area contributed by atoms with Gasteiger partial charge in [0.15, 0.2) is 0 Å². The molecule has 0 spiro atoms. The Morgan fingerprint density at radius 1 is 1.44 bits per heavy atom. The molecule has 104 valence electrons. The van der Waals surface area contributed by atoms with Crippen LogP contribution in [0.25, 0.3) is 0 Å². The van der Waals surface area contributed by atoms with Crippen LogP contribution >= 0.6 is 0 Å². The van der Waals surface area contributed by atoms with Crippen LogP contribution in [0, 0.1) is 0 Å². The van der Waals surface area contributed by atoms with Crippen LogP contribution in [-0.4, -0.2) is 47.2 Å². The van der Waals surface area contributed by atoms with Crippen molar-refractivity contribution in [1.29, 1.82) is 0 Å². The zero-order valence-electron chi connectivity index (χ0n) is 10.9. The van der Waals surface area contributed by atoms with E-state index in [9.17, 15) is 14.7 Å². The molecule has 0 aromatic carbocycles. The van der Waals surface area contributed by atoms with E-state index in [1.807, 2.05) is 4.90 Å². The summed E-state index contributed by atoms with van der Waals surface area (Å²) in [6, 6.07) is -0.618. The minimum absolute atomic E-state index is 0.167. The molecule has 1 saturated heterocycles. The van der Waals surface area contributed by atoms with Crippen LogP contribution < -0.4 is 11.1 Å². The van der Waals surface area contributed by atoms with Gasteiger partial charge in [-0.3, -0.25) is 15.0 Å². The maximum absolute atomic E-state index is 11.5. The number of nitrogens with zero attached hydrogens (tertiary/aromatic N) is 1. The van der Waals surface area contributed by atoms with Gasteiger partial charge >= 0.3 is 6.03 Å². The van der Waals surface area contributed by atoms with Gasteiger partial charge in [-0.25, -0.2) is 4.79 Å². The molecule has 1 heterocycles. The summed E-state index contributed by atoms with van der Waals surface area (Å²) in [5, 5.41) is 11.6. The fourth-order valence-electron chi connectivity index (χ4n) is 2.47. The normalized spacial score (nSPS) is 23.1. The second-order valence-electron chi connectivity index (χ2n) is 4.97. The van der Waals surface area contributed by atoms with E-state index in [4.69, 9.17) is 5.73 Å². The SMILES string of the molecule is CC(O)CC1CCCCCN1CC(=O)NC(N)=O. The van der Waals surface area contributed by atoms with Gasteiger partial charge in [-0.15, -0.1) is 0 Å². The molecule has 1 aliphatic rings. The molecule has 6 heteroatoms. The topological polar surface area (TPSA) is 95.7 Å². The first-order valence-corrected chi connectivity index (χ1v) is 6.50. The molecule has 0 aliphatic carbocycles. The van der Waals surface area contributed by atoms with Crippen molar-refractivity contribution in [1.82, 2.24) is 10.2 Å². The number of hydrogen-bond donors (Lipinski definition) is 3. The molecule has 0 aromatic heterocycles.